The van der Waals surface area contributed by atoms with Crippen LogP contribution in [0.2, 0.25) is 0 Å². The van der Waals surface area contributed by atoms with Crippen molar-refractivity contribution in [1.82, 2.24) is 5.32 Å². The molecular formula is C25H22F3NO3. The number of para-hydroxylation sites is 2. The first-order chi connectivity index (χ1) is 15.3. The molecule has 2 unspecified atom stereocenters. The number of halogens is 3. The van der Waals surface area contributed by atoms with Crippen LogP contribution in [-0.4, -0.2) is 25.2 Å². The number of hydrogen-bond acceptors (Lipinski definition) is 3. The number of aryl methyl sites for hydroxylation is 1. The van der Waals surface area contributed by atoms with Gasteiger partial charge in [-0.05, 0) is 42.3 Å². The summed E-state index contributed by atoms with van der Waals surface area (Å²) < 4.78 is 51.5. The van der Waals surface area contributed by atoms with E-state index >= 15 is 0 Å². The van der Waals surface area contributed by atoms with E-state index in [-0.39, 0.29) is 19.1 Å². The van der Waals surface area contributed by atoms with Crippen LogP contribution >= 0.6 is 0 Å². The first kappa shape index (κ1) is 21.7. The Balaban J connectivity index is 1.55. The Morgan fingerprint density at radius 2 is 1.69 bits per heavy atom. The van der Waals surface area contributed by atoms with Gasteiger partial charge in [-0.1, -0.05) is 54.1 Å². The predicted molar refractivity (Wildman–Crippen MR) is 114 cm³/mol. The van der Waals surface area contributed by atoms with E-state index in [1.54, 1.807) is 31.2 Å². The molecule has 1 heterocycles. The smallest absolute Gasteiger partial charge is 0.416 e. The molecule has 0 saturated heterocycles. The van der Waals surface area contributed by atoms with Crippen LogP contribution in [0.25, 0.3) is 0 Å². The number of fused-ring (bicyclic) bond motifs is 1. The van der Waals surface area contributed by atoms with E-state index in [0.717, 1.165) is 17.7 Å². The minimum Gasteiger partial charge on any atom is -0.485 e. The van der Waals surface area contributed by atoms with Gasteiger partial charge in [-0.3, -0.25) is 4.79 Å². The molecule has 32 heavy (non-hydrogen) atoms. The zero-order chi connectivity index (χ0) is 22.7. The number of ether oxygens (including phenoxy) is 2. The molecule has 0 fully saturated rings. The average Bonchev–Trinajstić information content (AvgIpc) is 2.78. The lowest BCUT2D eigenvalue weighted by atomic mass is 9.89. The summed E-state index contributed by atoms with van der Waals surface area (Å²) in [5.74, 6) is 0.201. The lowest BCUT2D eigenvalue weighted by Crippen LogP contribution is -2.45. The van der Waals surface area contributed by atoms with E-state index in [1.165, 1.54) is 0 Å². The number of alkyl halides is 3. The summed E-state index contributed by atoms with van der Waals surface area (Å²) in [4.78, 5) is 12.8. The first-order valence-electron chi connectivity index (χ1n) is 10.2. The Bertz CT molecular complexity index is 1100. The van der Waals surface area contributed by atoms with E-state index in [2.05, 4.69) is 5.32 Å². The third-order valence-corrected chi connectivity index (χ3v) is 5.31. The number of amides is 1. The predicted octanol–water partition coefficient (Wildman–Crippen LogP) is 5.10. The number of carbonyl (C=O) groups is 1. The standard InChI is InChI=1S/C25H22F3NO3/c1-16-11-18(13-19(12-16)25(26,27)28)20(17-7-3-2-4-8-17)14-29-24(30)23-15-31-21-9-5-6-10-22(21)32-23/h2-13,20,23H,14-15H2,1H3,(H,29,30). The number of nitrogens with one attached hydrogen (secondary N) is 1. The van der Waals surface area contributed by atoms with Crippen molar-refractivity contribution in [2.24, 2.45) is 0 Å². The summed E-state index contributed by atoms with van der Waals surface area (Å²) in [6.07, 6.45) is -5.30. The molecule has 1 aliphatic heterocycles. The van der Waals surface area contributed by atoms with Gasteiger partial charge in [-0.25, -0.2) is 0 Å². The Morgan fingerprint density at radius 1 is 1.00 bits per heavy atom. The lowest BCUT2D eigenvalue weighted by Gasteiger charge is -2.27. The van der Waals surface area contributed by atoms with E-state index in [4.69, 9.17) is 9.47 Å². The molecule has 3 aromatic rings. The fourth-order valence-electron chi connectivity index (χ4n) is 3.76. The van der Waals surface area contributed by atoms with Crippen LogP contribution in [0.3, 0.4) is 0 Å². The SMILES string of the molecule is Cc1cc(C(CNC(=O)C2COc3ccccc3O2)c2ccccc2)cc(C(F)(F)F)c1. The highest BCUT2D eigenvalue weighted by Gasteiger charge is 2.32. The molecular weight excluding hydrogens is 419 g/mol. The molecule has 7 heteroatoms. The van der Waals surface area contributed by atoms with Gasteiger partial charge in [0.1, 0.15) is 6.61 Å². The summed E-state index contributed by atoms with van der Waals surface area (Å²) in [5.41, 5.74) is 1.08. The maximum Gasteiger partial charge on any atom is 0.416 e. The summed E-state index contributed by atoms with van der Waals surface area (Å²) in [7, 11) is 0. The van der Waals surface area contributed by atoms with Gasteiger partial charge in [0.2, 0.25) is 6.10 Å². The van der Waals surface area contributed by atoms with Crippen molar-refractivity contribution in [2.45, 2.75) is 25.1 Å². The molecule has 4 rings (SSSR count). The van der Waals surface area contributed by atoms with Crippen LogP contribution in [0, 0.1) is 6.92 Å². The molecule has 1 amide bonds. The highest BCUT2D eigenvalue weighted by Crippen LogP contribution is 2.34. The molecule has 166 valence electrons. The van der Waals surface area contributed by atoms with Gasteiger partial charge in [0.05, 0.1) is 5.56 Å². The van der Waals surface area contributed by atoms with Crippen LogP contribution in [0.15, 0.2) is 72.8 Å². The second kappa shape index (κ2) is 8.94. The third-order valence-electron chi connectivity index (χ3n) is 5.31. The minimum absolute atomic E-state index is 0.0571. The van der Waals surface area contributed by atoms with Crippen LogP contribution < -0.4 is 14.8 Å². The Hall–Kier alpha value is -3.48. The highest BCUT2D eigenvalue weighted by molar-refractivity contribution is 5.81. The molecule has 0 spiro atoms. The summed E-state index contributed by atoms with van der Waals surface area (Å²) in [5, 5.41) is 2.83. The Morgan fingerprint density at radius 3 is 2.41 bits per heavy atom. The van der Waals surface area contributed by atoms with Crippen molar-refractivity contribution in [1.29, 1.82) is 0 Å². The average molecular weight is 441 g/mol. The normalized spacial score (nSPS) is 16.3. The third kappa shape index (κ3) is 4.88. The molecule has 1 N–H and O–H groups in total. The molecule has 0 saturated carbocycles. The highest BCUT2D eigenvalue weighted by atomic mass is 19.4. The molecule has 0 radical (unpaired) electrons. The van der Waals surface area contributed by atoms with Crippen molar-refractivity contribution >= 4 is 5.91 Å². The van der Waals surface area contributed by atoms with Gasteiger partial charge in [-0.2, -0.15) is 13.2 Å². The molecule has 4 nitrogen and oxygen atoms in total. The zero-order valence-corrected chi connectivity index (χ0v) is 17.4. The monoisotopic (exact) mass is 441 g/mol. The maximum absolute atomic E-state index is 13.4. The van der Waals surface area contributed by atoms with Gasteiger partial charge in [0, 0.05) is 12.5 Å². The second-order valence-corrected chi connectivity index (χ2v) is 7.70. The number of carbonyl (C=O) groups excluding carboxylic acids is 1. The van der Waals surface area contributed by atoms with Crippen molar-refractivity contribution in [3.8, 4) is 11.5 Å². The van der Waals surface area contributed by atoms with Gasteiger partial charge < -0.3 is 14.8 Å². The van der Waals surface area contributed by atoms with Gasteiger partial charge in [0.25, 0.3) is 5.91 Å². The van der Waals surface area contributed by atoms with Crippen LogP contribution in [0.4, 0.5) is 13.2 Å². The van der Waals surface area contributed by atoms with Crippen LogP contribution in [0.5, 0.6) is 11.5 Å². The largest absolute Gasteiger partial charge is 0.485 e. The number of rotatable bonds is 5. The molecule has 2 atom stereocenters. The van der Waals surface area contributed by atoms with Crippen molar-refractivity contribution in [3.63, 3.8) is 0 Å². The van der Waals surface area contributed by atoms with E-state index in [0.29, 0.717) is 22.6 Å². The van der Waals surface area contributed by atoms with Gasteiger partial charge >= 0.3 is 6.18 Å². The number of benzene rings is 3. The van der Waals surface area contributed by atoms with Crippen LogP contribution in [-0.2, 0) is 11.0 Å². The molecule has 3 aromatic carbocycles. The van der Waals surface area contributed by atoms with Crippen molar-refractivity contribution in [2.75, 3.05) is 13.2 Å². The van der Waals surface area contributed by atoms with Gasteiger partial charge in [0.15, 0.2) is 11.5 Å². The van der Waals surface area contributed by atoms with E-state index < -0.39 is 23.8 Å². The van der Waals surface area contributed by atoms with Crippen molar-refractivity contribution < 1.29 is 27.4 Å². The fraction of sp³-hybridized carbons (Fsp3) is 0.240. The van der Waals surface area contributed by atoms with E-state index in [9.17, 15) is 18.0 Å². The summed E-state index contributed by atoms with van der Waals surface area (Å²) in [6.45, 7) is 1.80. The first-order valence-corrected chi connectivity index (χ1v) is 10.2. The van der Waals surface area contributed by atoms with Crippen molar-refractivity contribution in [3.05, 3.63) is 95.1 Å². The van der Waals surface area contributed by atoms with E-state index in [1.807, 2.05) is 36.4 Å². The Kier molecular flexibility index (Phi) is 6.08. The molecule has 0 bridgehead atoms. The minimum atomic E-state index is -4.45. The molecule has 0 aromatic heterocycles. The quantitative estimate of drug-likeness (QED) is 0.599. The topological polar surface area (TPSA) is 47.6 Å². The molecule has 0 aliphatic carbocycles. The number of hydrogen-bond donors (Lipinski definition) is 1. The fourth-order valence-corrected chi connectivity index (χ4v) is 3.76. The maximum atomic E-state index is 13.4. The zero-order valence-electron chi connectivity index (χ0n) is 17.4. The van der Waals surface area contributed by atoms with Crippen LogP contribution in [0.1, 0.15) is 28.2 Å². The summed E-state index contributed by atoms with van der Waals surface area (Å²) >= 11 is 0. The lowest BCUT2D eigenvalue weighted by molar-refractivity contribution is -0.137. The van der Waals surface area contributed by atoms with Gasteiger partial charge in [-0.15, -0.1) is 0 Å². The second-order valence-electron chi connectivity index (χ2n) is 7.70. The Labute approximate surface area is 184 Å². The molecule has 1 aliphatic rings. The summed E-state index contributed by atoms with van der Waals surface area (Å²) in [6, 6.07) is 20.2.